The number of amides is 1. The van der Waals surface area contributed by atoms with E-state index in [-0.39, 0.29) is 40.5 Å². The van der Waals surface area contributed by atoms with Crippen molar-refractivity contribution in [2.75, 3.05) is 13.1 Å². The van der Waals surface area contributed by atoms with Crippen LogP contribution in [0.15, 0.2) is 29.7 Å². The summed E-state index contributed by atoms with van der Waals surface area (Å²) in [6.45, 7) is 1.36. The van der Waals surface area contributed by atoms with E-state index in [1.165, 1.54) is 18.2 Å². The van der Waals surface area contributed by atoms with Crippen molar-refractivity contribution in [3.63, 3.8) is 0 Å². The maximum Gasteiger partial charge on any atom is 0.226 e. The van der Waals surface area contributed by atoms with Gasteiger partial charge in [-0.3, -0.25) is 4.79 Å². The highest BCUT2D eigenvalue weighted by atomic mass is 32.2. The third kappa shape index (κ3) is 2.75. The molecule has 2 fully saturated rings. The number of carbonyl (C=O) groups is 1. The predicted molar refractivity (Wildman–Crippen MR) is 90.4 cm³/mol. The van der Waals surface area contributed by atoms with E-state index < -0.39 is 11.6 Å². The molecule has 1 aliphatic carbocycles. The van der Waals surface area contributed by atoms with Crippen LogP contribution in [-0.4, -0.2) is 35.2 Å². The number of nitrogens with zero attached hydrogens (tertiary/aromatic N) is 1. The van der Waals surface area contributed by atoms with Gasteiger partial charge in [0.05, 0.1) is 0 Å². The Bertz CT molecular complexity index is 675. The Labute approximate surface area is 144 Å². The average molecular weight is 350 g/mol. The molecule has 24 heavy (non-hydrogen) atoms. The maximum absolute atomic E-state index is 14.1. The Hall–Kier alpha value is -1.40. The molecule has 3 aliphatic rings. The van der Waals surface area contributed by atoms with Crippen LogP contribution in [0.25, 0.3) is 0 Å². The predicted octanol–water partition coefficient (Wildman–Crippen LogP) is 2.87. The van der Waals surface area contributed by atoms with Crippen molar-refractivity contribution >= 4 is 17.7 Å². The summed E-state index contributed by atoms with van der Waals surface area (Å²) in [4.78, 5) is 14.4. The van der Waals surface area contributed by atoms with Gasteiger partial charge in [0.2, 0.25) is 5.91 Å². The van der Waals surface area contributed by atoms with Gasteiger partial charge in [-0.1, -0.05) is 12.1 Å². The van der Waals surface area contributed by atoms with Crippen molar-refractivity contribution in [3.8, 4) is 0 Å². The molecule has 128 valence electrons. The van der Waals surface area contributed by atoms with Crippen LogP contribution in [0.5, 0.6) is 0 Å². The van der Waals surface area contributed by atoms with Crippen LogP contribution in [0.1, 0.15) is 24.3 Å². The van der Waals surface area contributed by atoms with E-state index in [1.807, 2.05) is 16.4 Å². The topological polar surface area (TPSA) is 46.3 Å². The van der Waals surface area contributed by atoms with E-state index in [1.54, 1.807) is 11.8 Å². The molecule has 4 rings (SSSR count). The molecule has 0 spiro atoms. The molecule has 2 N–H and O–H groups in total. The lowest BCUT2D eigenvalue weighted by Crippen LogP contribution is -2.34. The second-order valence-electron chi connectivity index (χ2n) is 6.93. The van der Waals surface area contributed by atoms with Gasteiger partial charge in [0.15, 0.2) is 0 Å². The minimum atomic E-state index is -0.508. The molecule has 3 nitrogen and oxygen atoms in total. The van der Waals surface area contributed by atoms with Crippen molar-refractivity contribution in [1.29, 1.82) is 0 Å². The molecular weight excluding hydrogens is 330 g/mol. The van der Waals surface area contributed by atoms with Gasteiger partial charge in [-0.05, 0) is 36.3 Å². The van der Waals surface area contributed by atoms with Crippen LogP contribution >= 0.6 is 11.8 Å². The normalized spacial score (nSPS) is 34.8. The first-order valence-electron chi connectivity index (χ1n) is 8.36. The van der Waals surface area contributed by atoms with Crippen LogP contribution in [0.2, 0.25) is 0 Å². The molecular formula is C18H20F2N2OS. The van der Waals surface area contributed by atoms with Crippen molar-refractivity contribution in [1.82, 2.24) is 4.90 Å². The fraction of sp³-hybridized carbons (Fsp3) is 0.500. The van der Waals surface area contributed by atoms with Gasteiger partial charge in [0.25, 0.3) is 0 Å². The number of allylic oxidation sites excluding steroid dienone is 1. The lowest BCUT2D eigenvalue weighted by molar-refractivity contribution is -0.131. The minimum absolute atomic E-state index is 0.0231. The number of halogens is 2. The quantitative estimate of drug-likeness (QED) is 0.912. The summed E-state index contributed by atoms with van der Waals surface area (Å²) in [6.07, 6.45) is 3.52. The number of rotatable bonds is 3. The molecule has 0 aromatic heterocycles. The number of hydrogen-bond acceptors (Lipinski definition) is 3. The third-order valence-corrected chi connectivity index (χ3v) is 6.60. The molecule has 1 amide bonds. The van der Waals surface area contributed by atoms with Crippen molar-refractivity contribution in [2.45, 2.75) is 30.1 Å². The van der Waals surface area contributed by atoms with E-state index in [9.17, 15) is 13.6 Å². The maximum atomic E-state index is 14.1. The monoisotopic (exact) mass is 350 g/mol. The molecule has 1 aromatic rings. The number of likely N-dealkylation sites (tertiary alicyclic amines) is 1. The van der Waals surface area contributed by atoms with Gasteiger partial charge < -0.3 is 10.6 Å². The van der Waals surface area contributed by atoms with E-state index >= 15 is 0 Å². The Balaban J connectivity index is 1.49. The Kier molecular flexibility index (Phi) is 4.12. The standard InChI is InChI=1S/C18H20F2N2OS/c19-14-2-1-3-15(20)16(14)11-5-7-24-17(11)12-8-13(12)18(23)22-6-4-10(21)9-22/h1-3,5,7,10-13,17H,4,6,8-9,21H2. The van der Waals surface area contributed by atoms with Gasteiger partial charge >= 0.3 is 0 Å². The Morgan fingerprint density at radius 1 is 1.29 bits per heavy atom. The SMILES string of the molecule is NC1CCN(C(=O)C2CC2C2SC=CC2c2c(F)cccc2F)C1. The summed E-state index contributed by atoms with van der Waals surface area (Å²) in [5.41, 5.74) is 6.01. The summed E-state index contributed by atoms with van der Waals surface area (Å²) in [6, 6.07) is 4.06. The molecule has 1 saturated heterocycles. The van der Waals surface area contributed by atoms with Gasteiger partial charge in [-0.2, -0.15) is 0 Å². The van der Waals surface area contributed by atoms with E-state index in [0.29, 0.717) is 6.54 Å². The first kappa shape index (κ1) is 16.1. The van der Waals surface area contributed by atoms with E-state index in [2.05, 4.69) is 0 Å². The first-order chi connectivity index (χ1) is 11.6. The average Bonchev–Trinajstić information content (AvgIpc) is 2.97. The number of hydrogen-bond donors (Lipinski definition) is 1. The zero-order valence-electron chi connectivity index (χ0n) is 13.2. The lowest BCUT2D eigenvalue weighted by atomic mass is 9.91. The van der Waals surface area contributed by atoms with Crippen molar-refractivity contribution in [2.24, 2.45) is 17.6 Å². The fourth-order valence-electron chi connectivity index (χ4n) is 3.96. The van der Waals surface area contributed by atoms with Crippen LogP contribution in [0.4, 0.5) is 8.78 Å². The zero-order valence-corrected chi connectivity index (χ0v) is 14.0. The molecule has 0 bridgehead atoms. The molecule has 2 aliphatic heterocycles. The molecule has 5 unspecified atom stereocenters. The van der Waals surface area contributed by atoms with Crippen LogP contribution in [-0.2, 0) is 4.79 Å². The number of thioether (sulfide) groups is 1. The second-order valence-corrected chi connectivity index (χ2v) is 8.02. The van der Waals surface area contributed by atoms with Crippen LogP contribution in [0, 0.1) is 23.5 Å². The number of benzene rings is 1. The van der Waals surface area contributed by atoms with Crippen molar-refractivity contribution in [3.05, 3.63) is 46.9 Å². The fourth-order valence-corrected chi connectivity index (χ4v) is 5.30. The number of nitrogens with two attached hydrogens (primary N) is 1. The number of carbonyl (C=O) groups excluding carboxylic acids is 1. The van der Waals surface area contributed by atoms with Crippen molar-refractivity contribution < 1.29 is 13.6 Å². The van der Waals surface area contributed by atoms with Gasteiger partial charge in [-0.15, -0.1) is 11.8 Å². The van der Waals surface area contributed by atoms with Gasteiger partial charge in [-0.25, -0.2) is 8.78 Å². The van der Waals surface area contributed by atoms with Gasteiger partial charge in [0.1, 0.15) is 11.6 Å². The summed E-state index contributed by atoms with van der Waals surface area (Å²) >= 11 is 1.59. The van der Waals surface area contributed by atoms with E-state index in [0.717, 1.165) is 19.4 Å². The highest BCUT2D eigenvalue weighted by Gasteiger charge is 2.52. The minimum Gasteiger partial charge on any atom is -0.341 e. The second kappa shape index (κ2) is 6.15. The molecule has 6 heteroatoms. The molecule has 1 aromatic carbocycles. The zero-order chi connectivity index (χ0) is 16.8. The lowest BCUT2D eigenvalue weighted by Gasteiger charge is -2.21. The summed E-state index contributed by atoms with van der Waals surface area (Å²) in [5.74, 6) is -1.01. The summed E-state index contributed by atoms with van der Waals surface area (Å²) < 4.78 is 28.3. The highest BCUT2D eigenvalue weighted by Crippen LogP contribution is 2.54. The smallest absolute Gasteiger partial charge is 0.226 e. The molecule has 0 radical (unpaired) electrons. The largest absolute Gasteiger partial charge is 0.341 e. The summed E-state index contributed by atoms with van der Waals surface area (Å²) in [7, 11) is 0. The third-order valence-electron chi connectivity index (χ3n) is 5.32. The summed E-state index contributed by atoms with van der Waals surface area (Å²) in [5, 5.41) is 1.94. The van der Waals surface area contributed by atoms with E-state index in [4.69, 9.17) is 5.73 Å². The van der Waals surface area contributed by atoms with Crippen LogP contribution < -0.4 is 5.73 Å². The Morgan fingerprint density at radius 3 is 2.71 bits per heavy atom. The Morgan fingerprint density at radius 2 is 2.04 bits per heavy atom. The first-order valence-corrected chi connectivity index (χ1v) is 9.31. The van der Waals surface area contributed by atoms with Crippen LogP contribution in [0.3, 0.4) is 0 Å². The molecule has 5 atom stereocenters. The highest BCUT2D eigenvalue weighted by molar-refractivity contribution is 8.03. The van der Waals surface area contributed by atoms with Gasteiger partial charge in [0, 0.05) is 41.8 Å². The molecule has 2 heterocycles. The molecule has 1 saturated carbocycles.